The van der Waals surface area contributed by atoms with Crippen LogP contribution in [-0.2, 0) is 22.7 Å². The van der Waals surface area contributed by atoms with E-state index in [2.05, 4.69) is 132 Å². The molecule has 4 aromatic carbocycles. The molecule has 0 radical (unpaired) electrons. The maximum absolute atomic E-state index is 6.71. The van der Waals surface area contributed by atoms with E-state index < -0.39 is 0 Å². The summed E-state index contributed by atoms with van der Waals surface area (Å²) in [7, 11) is 0. The van der Waals surface area contributed by atoms with E-state index in [1.165, 1.54) is 74.9 Å². The molecule has 1 aliphatic carbocycles. The van der Waals surface area contributed by atoms with E-state index in [0.29, 0.717) is 26.4 Å². The van der Waals surface area contributed by atoms with Crippen LogP contribution in [0.3, 0.4) is 0 Å². The molecule has 1 saturated carbocycles. The van der Waals surface area contributed by atoms with Crippen molar-refractivity contribution in [2.24, 2.45) is 0 Å². The Bertz CT molecular complexity index is 1530. The second-order valence-electron chi connectivity index (χ2n) is 13.8. The standard InChI is InChI=1S/C43H55NO2.ClH/c1-31-16-8-10-22-38(31)37(27-45-28-40-33(3)18-14-19-34(40)4)26-44-43(24-12-7-13-25-43)42(39-23-11-9-17-32(39)2)30-46-29-41-35(5)20-15-21-36(41)6;/h8-11,14-23,37,42,44H,7,12-13,24-30H2,1-6H3;1H. The van der Waals surface area contributed by atoms with Crippen LogP contribution in [0.25, 0.3) is 0 Å². The van der Waals surface area contributed by atoms with Gasteiger partial charge in [0, 0.05) is 23.9 Å². The highest BCUT2D eigenvalue weighted by Crippen LogP contribution is 2.42. The number of hydrogen-bond acceptors (Lipinski definition) is 3. The quantitative estimate of drug-likeness (QED) is 0.147. The third kappa shape index (κ3) is 9.15. The minimum absolute atomic E-state index is 0. The third-order valence-electron chi connectivity index (χ3n) is 10.7. The van der Waals surface area contributed by atoms with Gasteiger partial charge in [0.2, 0.25) is 0 Å². The van der Waals surface area contributed by atoms with Crippen LogP contribution in [-0.4, -0.2) is 25.3 Å². The van der Waals surface area contributed by atoms with Gasteiger partial charge in [0.25, 0.3) is 0 Å². The molecule has 2 atom stereocenters. The van der Waals surface area contributed by atoms with Gasteiger partial charge in [0.15, 0.2) is 0 Å². The summed E-state index contributed by atoms with van der Waals surface area (Å²) < 4.78 is 13.3. The summed E-state index contributed by atoms with van der Waals surface area (Å²) >= 11 is 0. The van der Waals surface area contributed by atoms with Crippen molar-refractivity contribution in [3.8, 4) is 0 Å². The summed E-state index contributed by atoms with van der Waals surface area (Å²) in [5.41, 5.74) is 13.3. The minimum atomic E-state index is -0.0430. The summed E-state index contributed by atoms with van der Waals surface area (Å²) in [5.74, 6) is 0.503. The van der Waals surface area contributed by atoms with Crippen LogP contribution in [0.2, 0.25) is 0 Å². The van der Waals surface area contributed by atoms with Gasteiger partial charge in [0.05, 0.1) is 26.4 Å². The van der Waals surface area contributed by atoms with Crippen LogP contribution >= 0.6 is 12.4 Å². The number of aryl methyl sites for hydroxylation is 6. The van der Waals surface area contributed by atoms with E-state index in [9.17, 15) is 0 Å². The van der Waals surface area contributed by atoms with E-state index in [1.54, 1.807) is 0 Å². The molecule has 1 N–H and O–H groups in total. The highest BCUT2D eigenvalue weighted by Gasteiger charge is 2.41. The number of hydrogen-bond donors (Lipinski definition) is 1. The third-order valence-corrected chi connectivity index (χ3v) is 10.7. The van der Waals surface area contributed by atoms with Gasteiger partial charge in [-0.1, -0.05) is 104 Å². The lowest BCUT2D eigenvalue weighted by Gasteiger charge is -2.46. The lowest BCUT2D eigenvalue weighted by molar-refractivity contribution is 0.0568. The van der Waals surface area contributed by atoms with E-state index >= 15 is 0 Å². The zero-order valence-electron chi connectivity index (χ0n) is 29.5. The van der Waals surface area contributed by atoms with Crippen molar-refractivity contribution in [3.63, 3.8) is 0 Å². The molecule has 3 nitrogen and oxygen atoms in total. The monoisotopic (exact) mass is 653 g/mol. The molecular formula is C43H56ClNO2. The fraction of sp³-hybridized carbons (Fsp3) is 0.442. The maximum Gasteiger partial charge on any atom is 0.0722 e. The lowest BCUT2D eigenvalue weighted by Crippen LogP contribution is -2.54. The van der Waals surface area contributed by atoms with Gasteiger partial charge in [-0.05, 0) is 110 Å². The molecule has 47 heavy (non-hydrogen) atoms. The van der Waals surface area contributed by atoms with Crippen LogP contribution in [0.15, 0.2) is 84.9 Å². The van der Waals surface area contributed by atoms with Crippen LogP contribution in [0.4, 0.5) is 0 Å². The Balaban J connectivity index is 0.00000500. The van der Waals surface area contributed by atoms with Crippen LogP contribution < -0.4 is 5.32 Å². The number of nitrogens with one attached hydrogen (secondary N) is 1. The van der Waals surface area contributed by atoms with Gasteiger partial charge in [-0.15, -0.1) is 12.4 Å². The Labute approximate surface area is 290 Å². The topological polar surface area (TPSA) is 30.5 Å². The first-order valence-corrected chi connectivity index (χ1v) is 17.4. The maximum atomic E-state index is 6.71. The van der Waals surface area contributed by atoms with Crippen molar-refractivity contribution < 1.29 is 9.47 Å². The molecule has 0 amide bonds. The molecule has 5 rings (SSSR count). The fourth-order valence-electron chi connectivity index (χ4n) is 7.72. The molecule has 0 saturated heterocycles. The van der Waals surface area contributed by atoms with Gasteiger partial charge in [-0.2, -0.15) is 0 Å². The van der Waals surface area contributed by atoms with Crippen molar-refractivity contribution in [2.75, 3.05) is 19.8 Å². The van der Waals surface area contributed by atoms with Gasteiger partial charge in [-0.25, -0.2) is 0 Å². The summed E-state index contributed by atoms with van der Waals surface area (Å²) in [5, 5.41) is 4.27. The predicted octanol–water partition coefficient (Wildman–Crippen LogP) is 10.6. The predicted molar refractivity (Wildman–Crippen MR) is 200 cm³/mol. The Morgan fingerprint density at radius 2 is 1.00 bits per heavy atom. The molecule has 0 aliphatic heterocycles. The van der Waals surface area contributed by atoms with Crippen molar-refractivity contribution in [2.45, 2.75) is 104 Å². The number of benzene rings is 4. The number of ether oxygens (including phenoxy) is 2. The van der Waals surface area contributed by atoms with Crippen molar-refractivity contribution in [1.29, 1.82) is 0 Å². The van der Waals surface area contributed by atoms with E-state index in [4.69, 9.17) is 9.47 Å². The molecular weight excluding hydrogens is 598 g/mol. The smallest absolute Gasteiger partial charge is 0.0722 e. The van der Waals surface area contributed by atoms with Gasteiger partial charge < -0.3 is 14.8 Å². The largest absolute Gasteiger partial charge is 0.376 e. The van der Waals surface area contributed by atoms with Crippen molar-refractivity contribution >= 4 is 12.4 Å². The zero-order chi connectivity index (χ0) is 32.5. The average molecular weight is 654 g/mol. The second kappa shape index (κ2) is 17.4. The van der Waals surface area contributed by atoms with Gasteiger partial charge >= 0.3 is 0 Å². The molecule has 2 unspecified atom stereocenters. The fourth-order valence-corrected chi connectivity index (χ4v) is 7.72. The Morgan fingerprint density at radius 1 is 0.553 bits per heavy atom. The number of halogens is 1. The van der Waals surface area contributed by atoms with Crippen molar-refractivity contribution in [3.05, 3.63) is 141 Å². The van der Waals surface area contributed by atoms with E-state index in [1.807, 2.05) is 0 Å². The first-order valence-electron chi connectivity index (χ1n) is 17.4. The Hall–Kier alpha value is -2.95. The lowest BCUT2D eigenvalue weighted by atomic mass is 9.69. The Kier molecular flexibility index (Phi) is 13.7. The molecule has 4 aromatic rings. The first-order chi connectivity index (χ1) is 22.3. The molecule has 4 heteroatoms. The summed E-state index contributed by atoms with van der Waals surface area (Å²) in [6, 6.07) is 30.9. The van der Waals surface area contributed by atoms with E-state index in [-0.39, 0.29) is 29.8 Å². The minimum Gasteiger partial charge on any atom is -0.376 e. The second-order valence-corrected chi connectivity index (χ2v) is 13.8. The van der Waals surface area contributed by atoms with Crippen LogP contribution in [0.5, 0.6) is 0 Å². The van der Waals surface area contributed by atoms with Gasteiger partial charge in [-0.3, -0.25) is 0 Å². The highest BCUT2D eigenvalue weighted by molar-refractivity contribution is 5.85. The SMILES string of the molecule is Cc1ccccc1C(CNC1(C(COCc2c(C)cccc2C)c2ccccc2C)CCCCC1)COCc1c(C)cccc1C.Cl. The number of rotatable bonds is 14. The zero-order valence-corrected chi connectivity index (χ0v) is 30.3. The molecule has 252 valence electrons. The first kappa shape index (κ1) is 36.9. The van der Waals surface area contributed by atoms with Crippen LogP contribution in [0, 0.1) is 41.5 Å². The van der Waals surface area contributed by atoms with Crippen molar-refractivity contribution in [1.82, 2.24) is 5.32 Å². The molecule has 0 spiro atoms. The molecule has 1 aliphatic rings. The van der Waals surface area contributed by atoms with E-state index in [0.717, 1.165) is 19.4 Å². The summed E-state index contributed by atoms with van der Waals surface area (Å²) in [4.78, 5) is 0. The van der Waals surface area contributed by atoms with Crippen LogP contribution in [0.1, 0.15) is 99.6 Å². The molecule has 1 fully saturated rings. The molecule has 0 heterocycles. The Morgan fingerprint density at radius 3 is 1.51 bits per heavy atom. The summed E-state index contributed by atoms with van der Waals surface area (Å²) in [6.45, 7) is 16.8. The highest BCUT2D eigenvalue weighted by atomic mass is 35.5. The van der Waals surface area contributed by atoms with Gasteiger partial charge in [0.1, 0.15) is 0 Å². The average Bonchev–Trinajstić information content (AvgIpc) is 3.05. The normalized spacial score (nSPS) is 15.5. The molecule has 0 bridgehead atoms. The molecule has 0 aromatic heterocycles. The summed E-state index contributed by atoms with van der Waals surface area (Å²) in [6.07, 6.45) is 6.09.